The summed E-state index contributed by atoms with van der Waals surface area (Å²) in [6.07, 6.45) is 5.02. The Morgan fingerprint density at radius 2 is 2.16 bits per heavy atom. The summed E-state index contributed by atoms with van der Waals surface area (Å²) in [6, 6.07) is -0.382. The van der Waals surface area contributed by atoms with Gasteiger partial charge in [0.1, 0.15) is 0 Å². The summed E-state index contributed by atoms with van der Waals surface area (Å²) in [7, 11) is 0. The second-order valence-electron chi connectivity index (χ2n) is 5.68. The number of carbonyl (C=O) groups is 2. The average molecular weight is 268 g/mol. The molecule has 2 rings (SSSR count). The van der Waals surface area contributed by atoms with E-state index in [0.717, 1.165) is 32.4 Å². The highest BCUT2D eigenvalue weighted by atomic mass is 16.5. The highest BCUT2D eigenvalue weighted by Gasteiger charge is 2.39. The van der Waals surface area contributed by atoms with Crippen LogP contribution in [0.15, 0.2) is 0 Å². The Kier molecular flexibility index (Phi) is 4.93. The van der Waals surface area contributed by atoms with Crippen LogP contribution in [0, 0.1) is 0 Å². The molecular formula is C14H24N2O3. The van der Waals surface area contributed by atoms with Crippen LogP contribution >= 0.6 is 0 Å². The van der Waals surface area contributed by atoms with E-state index in [1.54, 1.807) is 0 Å². The average Bonchev–Trinajstić information content (AvgIpc) is 2.66. The van der Waals surface area contributed by atoms with Gasteiger partial charge in [0.25, 0.3) is 0 Å². The van der Waals surface area contributed by atoms with Crippen molar-refractivity contribution >= 4 is 11.8 Å². The molecule has 2 aliphatic rings. The van der Waals surface area contributed by atoms with Gasteiger partial charge in [0.05, 0.1) is 18.6 Å². The molecule has 2 fully saturated rings. The molecule has 2 amide bonds. The van der Waals surface area contributed by atoms with Gasteiger partial charge in [0, 0.05) is 12.6 Å². The van der Waals surface area contributed by atoms with E-state index in [9.17, 15) is 9.59 Å². The minimum absolute atomic E-state index is 0.0477. The van der Waals surface area contributed by atoms with Crippen LogP contribution in [0.5, 0.6) is 0 Å². The number of nitrogens with zero attached hydrogens (tertiary/aromatic N) is 1. The predicted molar refractivity (Wildman–Crippen MR) is 71.6 cm³/mol. The molecule has 2 aliphatic heterocycles. The summed E-state index contributed by atoms with van der Waals surface area (Å²) in [4.78, 5) is 25.2. The summed E-state index contributed by atoms with van der Waals surface area (Å²) in [5.74, 6) is -0.143. The van der Waals surface area contributed by atoms with Crippen molar-refractivity contribution in [2.45, 2.75) is 64.1 Å². The van der Waals surface area contributed by atoms with E-state index < -0.39 is 0 Å². The molecule has 5 heteroatoms. The Labute approximate surface area is 114 Å². The van der Waals surface area contributed by atoms with Crippen LogP contribution in [0.1, 0.15) is 46.0 Å². The zero-order valence-electron chi connectivity index (χ0n) is 11.9. The minimum Gasteiger partial charge on any atom is -0.378 e. The van der Waals surface area contributed by atoms with E-state index in [1.807, 2.05) is 13.8 Å². The summed E-state index contributed by atoms with van der Waals surface area (Å²) < 4.78 is 5.65. The summed E-state index contributed by atoms with van der Waals surface area (Å²) in [5, 5.41) is 3.20. The molecule has 0 aromatic rings. The maximum Gasteiger partial charge on any atom is 0.247 e. The first kappa shape index (κ1) is 14.5. The first-order valence-electron chi connectivity index (χ1n) is 7.30. The zero-order chi connectivity index (χ0) is 13.8. The lowest BCUT2D eigenvalue weighted by atomic mass is 10.1. The molecule has 0 spiro atoms. The molecule has 2 atom stereocenters. The Bertz CT molecular complexity index is 338. The number of likely N-dealkylation sites (tertiary alicyclic amines) is 1. The van der Waals surface area contributed by atoms with Crippen molar-refractivity contribution < 1.29 is 14.3 Å². The quantitative estimate of drug-likeness (QED) is 0.758. The predicted octanol–water partition coefficient (Wildman–Crippen LogP) is 1.07. The number of ether oxygens (including phenoxy) is 1. The molecule has 108 valence electrons. The van der Waals surface area contributed by atoms with E-state index >= 15 is 0 Å². The highest BCUT2D eigenvalue weighted by molar-refractivity contribution is 6.05. The Morgan fingerprint density at radius 1 is 1.37 bits per heavy atom. The van der Waals surface area contributed by atoms with E-state index in [4.69, 9.17) is 4.74 Å². The third kappa shape index (κ3) is 3.54. The van der Waals surface area contributed by atoms with Gasteiger partial charge in [0.15, 0.2) is 0 Å². The Balaban J connectivity index is 1.74. The third-order valence-corrected chi connectivity index (χ3v) is 3.83. The molecule has 0 aromatic heterocycles. The van der Waals surface area contributed by atoms with Gasteiger partial charge in [0.2, 0.25) is 11.8 Å². The van der Waals surface area contributed by atoms with Crippen molar-refractivity contribution in [2.75, 3.05) is 13.2 Å². The van der Waals surface area contributed by atoms with E-state index in [0.29, 0.717) is 12.5 Å². The topological polar surface area (TPSA) is 58.6 Å². The van der Waals surface area contributed by atoms with E-state index in [-0.39, 0.29) is 23.9 Å². The van der Waals surface area contributed by atoms with Crippen LogP contribution in [0.2, 0.25) is 0 Å². The van der Waals surface area contributed by atoms with Crippen molar-refractivity contribution in [1.29, 1.82) is 0 Å². The molecule has 0 saturated carbocycles. The molecule has 0 aliphatic carbocycles. The summed E-state index contributed by atoms with van der Waals surface area (Å²) in [5.41, 5.74) is 0. The zero-order valence-corrected chi connectivity index (χ0v) is 11.9. The summed E-state index contributed by atoms with van der Waals surface area (Å²) >= 11 is 0. The number of hydrogen-bond donors (Lipinski definition) is 1. The van der Waals surface area contributed by atoms with Crippen molar-refractivity contribution in [3.05, 3.63) is 0 Å². The standard InChI is InChI=1S/C14H24N2O3/c1-10(2)16-13(17)9-12(14(16)18)15-7-6-11-5-3-4-8-19-11/h10-12,15H,3-9H2,1-2H3. The van der Waals surface area contributed by atoms with Crippen LogP contribution in [0.4, 0.5) is 0 Å². The molecule has 0 aromatic carbocycles. The van der Waals surface area contributed by atoms with Gasteiger partial charge in [-0.1, -0.05) is 0 Å². The van der Waals surface area contributed by atoms with Crippen LogP contribution in [-0.4, -0.2) is 48.1 Å². The van der Waals surface area contributed by atoms with E-state index in [1.165, 1.54) is 11.3 Å². The second-order valence-corrected chi connectivity index (χ2v) is 5.68. The molecule has 19 heavy (non-hydrogen) atoms. The lowest BCUT2D eigenvalue weighted by Crippen LogP contribution is -2.42. The molecule has 0 bridgehead atoms. The first-order valence-corrected chi connectivity index (χ1v) is 7.30. The molecule has 2 saturated heterocycles. The summed E-state index contributed by atoms with van der Waals surface area (Å²) in [6.45, 7) is 5.33. The third-order valence-electron chi connectivity index (χ3n) is 3.83. The number of carbonyl (C=O) groups excluding carboxylic acids is 2. The van der Waals surface area contributed by atoms with Crippen LogP contribution in [0.3, 0.4) is 0 Å². The molecule has 2 unspecified atom stereocenters. The SMILES string of the molecule is CC(C)N1C(=O)CC(NCCC2CCCCO2)C1=O. The minimum atomic E-state index is -0.335. The normalized spacial score (nSPS) is 28.5. The fraction of sp³-hybridized carbons (Fsp3) is 0.857. The van der Waals surface area contributed by atoms with Gasteiger partial charge in [-0.2, -0.15) is 0 Å². The van der Waals surface area contributed by atoms with Gasteiger partial charge in [-0.25, -0.2) is 0 Å². The number of imide groups is 1. The van der Waals surface area contributed by atoms with Crippen molar-refractivity contribution in [3.8, 4) is 0 Å². The molecular weight excluding hydrogens is 244 g/mol. The van der Waals surface area contributed by atoms with Crippen molar-refractivity contribution in [3.63, 3.8) is 0 Å². The molecule has 5 nitrogen and oxygen atoms in total. The van der Waals surface area contributed by atoms with Gasteiger partial charge in [-0.3, -0.25) is 14.5 Å². The van der Waals surface area contributed by atoms with Gasteiger partial charge in [-0.15, -0.1) is 0 Å². The fourth-order valence-electron chi connectivity index (χ4n) is 2.81. The monoisotopic (exact) mass is 268 g/mol. The molecule has 1 N–H and O–H groups in total. The van der Waals surface area contributed by atoms with Crippen LogP contribution < -0.4 is 5.32 Å². The van der Waals surface area contributed by atoms with E-state index in [2.05, 4.69) is 5.32 Å². The smallest absolute Gasteiger partial charge is 0.247 e. The number of rotatable bonds is 5. The maximum atomic E-state index is 12.1. The maximum absolute atomic E-state index is 12.1. The lowest BCUT2D eigenvalue weighted by Gasteiger charge is -2.23. The molecule has 0 radical (unpaired) electrons. The van der Waals surface area contributed by atoms with Gasteiger partial charge >= 0.3 is 0 Å². The Hall–Kier alpha value is -0.940. The number of nitrogens with one attached hydrogen (secondary N) is 1. The Morgan fingerprint density at radius 3 is 2.74 bits per heavy atom. The van der Waals surface area contributed by atoms with Crippen molar-refractivity contribution in [2.24, 2.45) is 0 Å². The highest BCUT2D eigenvalue weighted by Crippen LogP contribution is 2.18. The lowest BCUT2D eigenvalue weighted by molar-refractivity contribution is -0.140. The van der Waals surface area contributed by atoms with Crippen LogP contribution in [0.25, 0.3) is 0 Å². The second kappa shape index (κ2) is 6.48. The van der Waals surface area contributed by atoms with Crippen molar-refractivity contribution in [1.82, 2.24) is 10.2 Å². The fourth-order valence-corrected chi connectivity index (χ4v) is 2.81. The molecule has 2 heterocycles. The van der Waals surface area contributed by atoms with Crippen LogP contribution in [-0.2, 0) is 14.3 Å². The number of amides is 2. The van der Waals surface area contributed by atoms with Gasteiger partial charge in [-0.05, 0) is 46.1 Å². The van der Waals surface area contributed by atoms with Gasteiger partial charge < -0.3 is 10.1 Å². The first-order chi connectivity index (χ1) is 9.09. The number of hydrogen-bond acceptors (Lipinski definition) is 4. The largest absolute Gasteiger partial charge is 0.378 e.